The predicted octanol–water partition coefficient (Wildman–Crippen LogP) is 3.62. The summed E-state index contributed by atoms with van der Waals surface area (Å²) in [6.45, 7) is -2.15. The summed E-state index contributed by atoms with van der Waals surface area (Å²) in [5.41, 5.74) is 3.18. The standard InChI is InChI=1S/C25H28F2N8O2/c1-15(36)33-13-25(14-33)8-5-17(6-9-25)28-24-29-23(37-2)22-18(7-10-34(22)31-24)16-3-4-19-20(11-16)35(32-30-19)12-21(26)27/h3-4,7,10-11,17,21H,5-6,8-9,12-14H2,1-2H3,(H,28,31)/i1D3. The van der Waals surface area contributed by atoms with E-state index in [9.17, 15) is 13.6 Å². The van der Waals surface area contributed by atoms with Crippen LogP contribution >= 0.6 is 0 Å². The van der Waals surface area contributed by atoms with Gasteiger partial charge in [0, 0.05) is 47.3 Å². The molecule has 1 saturated heterocycles. The molecule has 4 heterocycles. The molecule has 1 spiro atoms. The monoisotopic (exact) mass is 513 g/mol. The largest absolute Gasteiger partial charge is 0.479 e. The van der Waals surface area contributed by atoms with Crippen LogP contribution < -0.4 is 10.1 Å². The fourth-order valence-electron chi connectivity index (χ4n) is 5.61. The molecule has 194 valence electrons. The highest BCUT2D eigenvalue weighted by Gasteiger charge is 2.46. The number of fused-ring (bicyclic) bond motifs is 2. The Morgan fingerprint density at radius 1 is 1.30 bits per heavy atom. The SMILES string of the molecule is [2H]C([2H])([2H])C(=O)N1CC2(CCC(Nc3nc(OC)c4c(-c5ccc6nnn(CC(F)F)c6c5)ccn4n3)CC2)C1. The Morgan fingerprint density at radius 3 is 2.84 bits per heavy atom. The molecule has 3 aromatic heterocycles. The Hall–Kier alpha value is -3.83. The molecule has 2 fully saturated rings. The summed E-state index contributed by atoms with van der Waals surface area (Å²) in [6, 6.07) is 7.34. The molecule has 1 amide bonds. The number of anilines is 1. The summed E-state index contributed by atoms with van der Waals surface area (Å²) < 4.78 is 56.5. The van der Waals surface area contributed by atoms with Crippen molar-refractivity contribution in [1.29, 1.82) is 0 Å². The first kappa shape index (κ1) is 20.3. The molecular weight excluding hydrogens is 482 g/mol. The lowest BCUT2D eigenvalue weighted by molar-refractivity contribution is -0.143. The summed E-state index contributed by atoms with van der Waals surface area (Å²) in [5, 5.41) is 15.9. The van der Waals surface area contributed by atoms with Gasteiger partial charge in [-0.3, -0.25) is 4.79 Å². The van der Waals surface area contributed by atoms with Gasteiger partial charge < -0.3 is 15.0 Å². The van der Waals surface area contributed by atoms with E-state index in [1.54, 1.807) is 22.8 Å². The molecule has 10 nitrogen and oxygen atoms in total. The molecule has 1 aliphatic carbocycles. The van der Waals surface area contributed by atoms with Gasteiger partial charge in [0.15, 0.2) is 0 Å². The molecule has 2 aliphatic rings. The average molecular weight is 514 g/mol. The summed E-state index contributed by atoms with van der Waals surface area (Å²) in [7, 11) is 1.53. The van der Waals surface area contributed by atoms with Crippen LogP contribution in [0.3, 0.4) is 0 Å². The number of halogens is 2. The molecule has 0 radical (unpaired) electrons. The van der Waals surface area contributed by atoms with Crippen LogP contribution in [0.25, 0.3) is 27.7 Å². The molecule has 1 N–H and O–H groups in total. The van der Waals surface area contributed by atoms with E-state index in [2.05, 4.69) is 25.7 Å². The number of hydrogen-bond acceptors (Lipinski definition) is 7. The summed E-state index contributed by atoms with van der Waals surface area (Å²) in [4.78, 5) is 18.1. The lowest BCUT2D eigenvalue weighted by atomic mass is 9.67. The second kappa shape index (κ2) is 8.93. The number of carbonyl (C=O) groups excluding carboxylic acids is 1. The van der Waals surface area contributed by atoms with Gasteiger partial charge in [-0.2, -0.15) is 4.98 Å². The van der Waals surface area contributed by atoms with E-state index in [4.69, 9.17) is 8.85 Å². The maximum absolute atomic E-state index is 13.0. The van der Waals surface area contributed by atoms with Crippen LogP contribution in [0.2, 0.25) is 0 Å². The first-order valence-corrected chi connectivity index (χ1v) is 12.2. The number of rotatable bonds is 6. The molecule has 1 aliphatic heterocycles. The van der Waals surface area contributed by atoms with Crippen molar-refractivity contribution in [3.05, 3.63) is 30.5 Å². The lowest BCUT2D eigenvalue weighted by Gasteiger charge is -2.53. The van der Waals surface area contributed by atoms with Crippen LogP contribution in [0.4, 0.5) is 14.7 Å². The number of carbonyl (C=O) groups is 1. The second-order valence-electron chi connectivity index (χ2n) is 9.91. The zero-order chi connectivity index (χ0) is 28.2. The van der Waals surface area contributed by atoms with E-state index in [0.29, 0.717) is 41.5 Å². The first-order valence-electron chi connectivity index (χ1n) is 13.7. The van der Waals surface area contributed by atoms with Gasteiger partial charge in [-0.25, -0.2) is 18.0 Å². The van der Waals surface area contributed by atoms with Gasteiger partial charge in [0.05, 0.1) is 12.6 Å². The molecule has 1 saturated carbocycles. The minimum absolute atomic E-state index is 0.0156. The minimum Gasteiger partial charge on any atom is -0.479 e. The quantitative estimate of drug-likeness (QED) is 0.420. The number of hydrogen-bond donors (Lipinski definition) is 1. The number of likely N-dealkylation sites (tertiary alicyclic amines) is 1. The number of alkyl halides is 2. The highest BCUT2D eigenvalue weighted by atomic mass is 19.3. The maximum atomic E-state index is 13.0. The Morgan fingerprint density at radius 2 is 2.11 bits per heavy atom. The molecule has 4 aromatic rings. The highest BCUT2D eigenvalue weighted by Crippen LogP contribution is 2.44. The number of ether oxygens (including phenoxy) is 1. The van der Waals surface area contributed by atoms with E-state index in [1.807, 2.05) is 12.1 Å². The van der Waals surface area contributed by atoms with E-state index in [0.717, 1.165) is 36.8 Å². The van der Waals surface area contributed by atoms with Gasteiger partial charge >= 0.3 is 0 Å². The summed E-state index contributed by atoms with van der Waals surface area (Å²) >= 11 is 0. The van der Waals surface area contributed by atoms with Gasteiger partial charge in [0.25, 0.3) is 6.43 Å². The molecule has 0 unspecified atom stereocenters. The Labute approximate surface area is 215 Å². The number of benzene rings is 1. The highest BCUT2D eigenvalue weighted by molar-refractivity contribution is 5.89. The number of nitrogens with one attached hydrogen (secondary N) is 1. The van der Waals surface area contributed by atoms with E-state index < -0.39 is 25.7 Å². The molecule has 37 heavy (non-hydrogen) atoms. The van der Waals surface area contributed by atoms with Crippen molar-refractivity contribution >= 4 is 28.4 Å². The average Bonchev–Trinajstić information content (AvgIpc) is 3.50. The molecule has 0 atom stereocenters. The number of methoxy groups -OCH3 is 1. The normalized spacial score (nSPS) is 19.1. The molecule has 1 aromatic carbocycles. The number of amides is 1. The third-order valence-electron chi connectivity index (χ3n) is 7.53. The third kappa shape index (κ3) is 4.23. The van der Waals surface area contributed by atoms with Crippen LogP contribution in [0.15, 0.2) is 30.5 Å². The minimum atomic E-state index is -2.59. The Bertz CT molecular complexity index is 1570. The van der Waals surface area contributed by atoms with Crippen LogP contribution in [-0.2, 0) is 11.3 Å². The second-order valence-corrected chi connectivity index (χ2v) is 9.91. The third-order valence-corrected chi connectivity index (χ3v) is 7.53. The van der Waals surface area contributed by atoms with Crippen LogP contribution in [0, 0.1) is 5.41 Å². The van der Waals surface area contributed by atoms with Crippen molar-refractivity contribution in [2.75, 3.05) is 25.5 Å². The zero-order valence-corrected chi connectivity index (χ0v) is 20.2. The van der Waals surface area contributed by atoms with Gasteiger partial charge in [0.2, 0.25) is 17.7 Å². The Balaban J connectivity index is 1.18. The molecule has 0 bridgehead atoms. The maximum Gasteiger partial charge on any atom is 0.258 e. The van der Waals surface area contributed by atoms with Gasteiger partial charge in [-0.05, 0) is 49.4 Å². The fourth-order valence-corrected chi connectivity index (χ4v) is 5.61. The number of aromatic nitrogens is 6. The lowest BCUT2D eigenvalue weighted by Crippen LogP contribution is -2.59. The summed E-state index contributed by atoms with van der Waals surface area (Å²) in [6.07, 6.45) is 2.68. The first-order chi connectivity index (χ1) is 19.0. The van der Waals surface area contributed by atoms with E-state index >= 15 is 0 Å². The molecule has 12 heteroatoms. The fraction of sp³-hybridized carbons (Fsp3) is 0.480. The van der Waals surface area contributed by atoms with E-state index in [1.165, 1.54) is 16.7 Å². The zero-order valence-electron chi connectivity index (χ0n) is 23.2. The number of nitrogens with zero attached hydrogens (tertiary/aromatic N) is 7. The van der Waals surface area contributed by atoms with Crippen LogP contribution in [0.1, 0.15) is 36.6 Å². The summed E-state index contributed by atoms with van der Waals surface area (Å²) in [5.74, 6) is 0.00506. The smallest absolute Gasteiger partial charge is 0.258 e. The van der Waals surface area contributed by atoms with Gasteiger partial charge in [0.1, 0.15) is 17.6 Å². The van der Waals surface area contributed by atoms with Gasteiger partial charge in [-0.15, -0.1) is 10.2 Å². The van der Waals surface area contributed by atoms with Crippen LogP contribution in [-0.4, -0.2) is 73.1 Å². The Kier molecular flexibility index (Phi) is 4.89. The van der Waals surface area contributed by atoms with Crippen molar-refractivity contribution in [3.8, 4) is 17.0 Å². The topological polar surface area (TPSA) is 102 Å². The predicted molar refractivity (Wildman–Crippen MR) is 133 cm³/mol. The molecular formula is C25H28F2N8O2. The van der Waals surface area contributed by atoms with Crippen molar-refractivity contribution in [3.63, 3.8) is 0 Å². The van der Waals surface area contributed by atoms with Crippen molar-refractivity contribution < 1.29 is 22.4 Å². The van der Waals surface area contributed by atoms with Gasteiger partial charge in [-0.1, -0.05) is 11.3 Å². The van der Waals surface area contributed by atoms with Crippen molar-refractivity contribution in [1.82, 2.24) is 34.5 Å². The van der Waals surface area contributed by atoms with Crippen LogP contribution in [0.5, 0.6) is 5.88 Å². The van der Waals surface area contributed by atoms with Crippen molar-refractivity contribution in [2.45, 2.75) is 51.5 Å². The molecule has 6 rings (SSSR count). The van der Waals surface area contributed by atoms with Crippen molar-refractivity contribution in [2.24, 2.45) is 5.41 Å². The van der Waals surface area contributed by atoms with E-state index in [-0.39, 0.29) is 11.5 Å².